The number of nitrogens with one attached hydrogen (secondary N) is 1. The Kier molecular flexibility index (Phi) is 4.25. The Labute approximate surface area is 118 Å². The molecule has 8 heteroatoms. The monoisotopic (exact) mass is 298 g/mol. The largest absolute Gasteiger partial charge is 0.433 e. The molecule has 0 aliphatic carbocycles. The summed E-state index contributed by atoms with van der Waals surface area (Å²) in [6.07, 6.45) is 1.39. The van der Waals surface area contributed by atoms with E-state index in [9.17, 15) is 18.0 Å². The standard InChI is InChI=1S/C13H13F3N4O/c1-9(7-20-5-4-17-8-20)19-12(21)10-2-3-11(18-6-10)13(14,15)16/h2-6,8-9H,7H2,1H3,(H,19,21)/t9-/m0/s1. The topological polar surface area (TPSA) is 59.8 Å². The number of aromatic nitrogens is 3. The number of pyridine rings is 1. The summed E-state index contributed by atoms with van der Waals surface area (Å²) in [6.45, 7) is 2.30. The summed E-state index contributed by atoms with van der Waals surface area (Å²) in [6, 6.07) is 1.69. The van der Waals surface area contributed by atoms with Gasteiger partial charge in [0.05, 0.1) is 11.9 Å². The number of alkyl halides is 3. The van der Waals surface area contributed by atoms with Gasteiger partial charge in [-0.05, 0) is 19.1 Å². The van der Waals surface area contributed by atoms with E-state index in [1.807, 2.05) is 0 Å². The highest BCUT2D eigenvalue weighted by Crippen LogP contribution is 2.27. The maximum absolute atomic E-state index is 12.4. The molecule has 112 valence electrons. The van der Waals surface area contributed by atoms with Crippen molar-refractivity contribution in [2.45, 2.75) is 25.7 Å². The first-order valence-electron chi connectivity index (χ1n) is 6.16. The van der Waals surface area contributed by atoms with Crippen molar-refractivity contribution in [1.29, 1.82) is 0 Å². The number of rotatable bonds is 4. The second kappa shape index (κ2) is 5.94. The highest BCUT2D eigenvalue weighted by molar-refractivity contribution is 5.94. The molecule has 1 N–H and O–H groups in total. The van der Waals surface area contributed by atoms with Gasteiger partial charge >= 0.3 is 6.18 Å². The lowest BCUT2D eigenvalue weighted by molar-refractivity contribution is -0.141. The summed E-state index contributed by atoms with van der Waals surface area (Å²) in [5.74, 6) is -0.469. The van der Waals surface area contributed by atoms with Crippen LogP contribution in [0.1, 0.15) is 23.0 Å². The molecule has 21 heavy (non-hydrogen) atoms. The van der Waals surface area contributed by atoms with E-state index < -0.39 is 17.8 Å². The number of halogens is 3. The number of carbonyl (C=O) groups is 1. The minimum Gasteiger partial charge on any atom is -0.348 e. The molecule has 0 spiro atoms. The van der Waals surface area contributed by atoms with Gasteiger partial charge in [-0.25, -0.2) is 4.98 Å². The van der Waals surface area contributed by atoms with Crippen molar-refractivity contribution in [1.82, 2.24) is 19.9 Å². The minimum absolute atomic E-state index is 0.0838. The SMILES string of the molecule is C[C@@H](Cn1ccnc1)NC(=O)c1ccc(C(F)(F)F)nc1. The van der Waals surface area contributed by atoms with Crippen molar-refractivity contribution in [2.24, 2.45) is 0 Å². The van der Waals surface area contributed by atoms with Gasteiger partial charge in [-0.15, -0.1) is 0 Å². The van der Waals surface area contributed by atoms with Gasteiger partial charge in [-0.3, -0.25) is 9.78 Å². The molecule has 1 amide bonds. The number of hydrogen-bond acceptors (Lipinski definition) is 3. The summed E-state index contributed by atoms with van der Waals surface area (Å²) in [4.78, 5) is 19.0. The van der Waals surface area contributed by atoms with E-state index in [1.54, 1.807) is 30.2 Å². The maximum atomic E-state index is 12.4. The Hall–Kier alpha value is -2.38. The van der Waals surface area contributed by atoms with Crippen molar-refractivity contribution >= 4 is 5.91 Å². The lowest BCUT2D eigenvalue weighted by atomic mass is 10.2. The van der Waals surface area contributed by atoms with E-state index in [1.165, 1.54) is 0 Å². The van der Waals surface area contributed by atoms with Gasteiger partial charge in [0.2, 0.25) is 0 Å². The van der Waals surface area contributed by atoms with E-state index >= 15 is 0 Å². The van der Waals surface area contributed by atoms with E-state index in [2.05, 4.69) is 15.3 Å². The molecule has 0 aliphatic rings. The van der Waals surface area contributed by atoms with Crippen LogP contribution in [-0.4, -0.2) is 26.5 Å². The molecule has 2 heterocycles. The fourth-order valence-corrected chi connectivity index (χ4v) is 1.76. The van der Waals surface area contributed by atoms with E-state index in [-0.39, 0.29) is 11.6 Å². The summed E-state index contributed by atoms with van der Waals surface area (Å²) in [7, 11) is 0. The fourth-order valence-electron chi connectivity index (χ4n) is 1.76. The predicted octanol–water partition coefficient (Wildman–Crippen LogP) is 2.12. The molecule has 5 nitrogen and oxygen atoms in total. The molecular weight excluding hydrogens is 285 g/mol. The van der Waals surface area contributed by atoms with Crippen molar-refractivity contribution in [3.63, 3.8) is 0 Å². The number of carbonyl (C=O) groups excluding carboxylic acids is 1. The second-order valence-corrected chi connectivity index (χ2v) is 4.56. The van der Waals surface area contributed by atoms with Gasteiger partial charge in [-0.1, -0.05) is 0 Å². The first-order valence-corrected chi connectivity index (χ1v) is 6.16. The molecule has 0 unspecified atom stereocenters. The van der Waals surface area contributed by atoms with E-state index in [0.29, 0.717) is 6.54 Å². The van der Waals surface area contributed by atoms with Crippen LogP contribution in [-0.2, 0) is 12.7 Å². The molecule has 2 aromatic heterocycles. The van der Waals surface area contributed by atoms with Crippen molar-refractivity contribution < 1.29 is 18.0 Å². The van der Waals surface area contributed by atoms with Crippen molar-refractivity contribution in [2.75, 3.05) is 0 Å². The van der Waals surface area contributed by atoms with Gasteiger partial charge in [0.1, 0.15) is 5.69 Å². The van der Waals surface area contributed by atoms with Crippen LogP contribution in [0, 0.1) is 0 Å². The fraction of sp³-hybridized carbons (Fsp3) is 0.308. The van der Waals surface area contributed by atoms with Crippen LogP contribution in [0.15, 0.2) is 37.1 Å². The van der Waals surface area contributed by atoms with Crippen LogP contribution in [0.3, 0.4) is 0 Å². The van der Waals surface area contributed by atoms with Crippen molar-refractivity contribution in [3.05, 3.63) is 48.3 Å². The summed E-state index contributed by atoms with van der Waals surface area (Å²) < 4.78 is 38.9. The zero-order chi connectivity index (χ0) is 15.5. The third kappa shape index (κ3) is 4.04. The maximum Gasteiger partial charge on any atom is 0.433 e. The zero-order valence-corrected chi connectivity index (χ0v) is 11.1. The number of hydrogen-bond donors (Lipinski definition) is 1. The lowest BCUT2D eigenvalue weighted by Crippen LogP contribution is -2.35. The molecule has 2 aromatic rings. The normalized spacial score (nSPS) is 13.0. The van der Waals surface area contributed by atoms with Crippen LogP contribution in [0.2, 0.25) is 0 Å². The first kappa shape index (κ1) is 15.0. The number of imidazole rings is 1. The van der Waals surface area contributed by atoms with E-state index in [0.717, 1.165) is 18.3 Å². The van der Waals surface area contributed by atoms with Gasteiger partial charge in [0.25, 0.3) is 5.91 Å². The molecule has 0 fully saturated rings. The number of nitrogens with zero attached hydrogens (tertiary/aromatic N) is 3. The van der Waals surface area contributed by atoms with Crippen LogP contribution in [0.25, 0.3) is 0 Å². The Bertz CT molecular complexity index is 593. The van der Waals surface area contributed by atoms with Crippen LogP contribution in [0.5, 0.6) is 0 Å². The second-order valence-electron chi connectivity index (χ2n) is 4.56. The highest BCUT2D eigenvalue weighted by Gasteiger charge is 2.32. The molecule has 0 bridgehead atoms. The number of amides is 1. The van der Waals surface area contributed by atoms with Gasteiger partial charge in [0.15, 0.2) is 0 Å². The molecule has 0 aliphatic heterocycles. The van der Waals surface area contributed by atoms with Gasteiger partial charge in [0, 0.05) is 31.2 Å². The predicted molar refractivity (Wildman–Crippen MR) is 68.4 cm³/mol. The Morgan fingerprint density at radius 3 is 2.71 bits per heavy atom. The molecule has 0 saturated heterocycles. The Morgan fingerprint density at radius 2 is 2.19 bits per heavy atom. The van der Waals surface area contributed by atoms with Crippen LogP contribution in [0.4, 0.5) is 13.2 Å². The smallest absolute Gasteiger partial charge is 0.348 e. The third-order valence-corrected chi connectivity index (χ3v) is 2.74. The summed E-state index contributed by atoms with van der Waals surface area (Å²) in [5.41, 5.74) is -0.939. The molecule has 2 rings (SSSR count). The first-order chi connectivity index (χ1) is 9.86. The molecule has 0 saturated carbocycles. The quantitative estimate of drug-likeness (QED) is 0.940. The molecule has 0 radical (unpaired) electrons. The molecule has 0 aromatic carbocycles. The molecule has 1 atom stereocenters. The van der Waals surface area contributed by atoms with Crippen molar-refractivity contribution in [3.8, 4) is 0 Å². The van der Waals surface area contributed by atoms with Gasteiger partial charge < -0.3 is 9.88 Å². The third-order valence-electron chi connectivity index (χ3n) is 2.74. The Balaban J connectivity index is 1.97. The Morgan fingerprint density at radius 1 is 1.43 bits per heavy atom. The minimum atomic E-state index is -4.51. The highest BCUT2D eigenvalue weighted by atomic mass is 19.4. The average Bonchev–Trinajstić information content (AvgIpc) is 2.90. The zero-order valence-electron chi connectivity index (χ0n) is 11.1. The van der Waals surface area contributed by atoms with E-state index in [4.69, 9.17) is 0 Å². The molecular formula is C13H13F3N4O. The van der Waals surface area contributed by atoms with Crippen LogP contribution >= 0.6 is 0 Å². The summed E-state index contributed by atoms with van der Waals surface area (Å²) >= 11 is 0. The van der Waals surface area contributed by atoms with Gasteiger partial charge in [-0.2, -0.15) is 13.2 Å². The lowest BCUT2D eigenvalue weighted by Gasteiger charge is -2.14. The van der Waals surface area contributed by atoms with Crippen LogP contribution < -0.4 is 5.32 Å². The summed E-state index contributed by atoms with van der Waals surface area (Å²) in [5, 5.41) is 2.68. The average molecular weight is 298 g/mol.